The van der Waals surface area contributed by atoms with Gasteiger partial charge in [0.2, 0.25) is 0 Å². The molecule has 0 saturated heterocycles. The van der Waals surface area contributed by atoms with Crippen molar-refractivity contribution in [2.75, 3.05) is 0 Å². The molecule has 4 nitrogen and oxygen atoms in total. The predicted molar refractivity (Wildman–Crippen MR) is 67.8 cm³/mol. The van der Waals surface area contributed by atoms with E-state index >= 15 is 0 Å². The van der Waals surface area contributed by atoms with Gasteiger partial charge in [0, 0.05) is 25.4 Å². The maximum Gasteiger partial charge on any atom is 0.389 e. The number of halogens is 4. The molecule has 0 aliphatic heterocycles. The Morgan fingerprint density at radius 2 is 2.11 bits per heavy atom. The summed E-state index contributed by atoms with van der Waals surface area (Å²) < 4.78 is 38.3. The van der Waals surface area contributed by atoms with Crippen LogP contribution in [0.5, 0.6) is 0 Å². The van der Waals surface area contributed by atoms with Crippen molar-refractivity contribution < 1.29 is 13.2 Å². The lowest BCUT2D eigenvalue weighted by molar-refractivity contribution is -0.136. The Labute approximate surface area is 115 Å². The van der Waals surface area contributed by atoms with Crippen molar-refractivity contribution in [2.45, 2.75) is 51.9 Å². The molecule has 3 N–H and O–H groups in total. The van der Waals surface area contributed by atoms with E-state index in [2.05, 4.69) is 10.5 Å². The molecule has 0 aliphatic rings. The van der Waals surface area contributed by atoms with Crippen LogP contribution in [0.2, 0.25) is 5.02 Å². The first-order valence-corrected chi connectivity index (χ1v) is 6.41. The van der Waals surface area contributed by atoms with Crippen LogP contribution in [0.1, 0.15) is 31.2 Å². The van der Waals surface area contributed by atoms with E-state index in [4.69, 9.17) is 17.4 Å². The Morgan fingerprint density at radius 3 is 2.58 bits per heavy atom. The van der Waals surface area contributed by atoms with Gasteiger partial charge in [0.25, 0.3) is 0 Å². The van der Waals surface area contributed by atoms with E-state index in [9.17, 15) is 13.2 Å². The summed E-state index contributed by atoms with van der Waals surface area (Å²) in [5.41, 5.74) is 3.80. The Kier molecular flexibility index (Phi) is 5.64. The fraction of sp³-hybridized carbons (Fsp3) is 0.727. The summed E-state index contributed by atoms with van der Waals surface area (Å²) in [5.74, 6) is 5.31. The quantitative estimate of drug-likeness (QED) is 0.627. The van der Waals surface area contributed by atoms with E-state index in [1.165, 1.54) is 0 Å². The van der Waals surface area contributed by atoms with Gasteiger partial charge in [-0.2, -0.15) is 18.3 Å². The minimum Gasteiger partial charge on any atom is -0.271 e. The first-order chi connectivity index (χ1) is 8.78. The van der Waals surface area contributed by atoms with Gasteiger partial charge >= 0.3 is 6.18 Å². The standard InChI is InChI=1S/C11H18ClF3N4/c1-3-19-9(10(12)7(2)18-19)6-8(17-16)4-5-11(13,14)15/h8,17H,3-6,16H2,1-2H3. The van der Waals surface area contributed by atoms with Gasteiger partial charge in [0.05, 0.1) is 16.4 Å². The molecule has 1 unspecified atom stereocenters. The predicted octanol–water partition coefficient (Wildman–Crippen LogP) is 2.58. The molecule has 1 rings (SSSR count). The molecule has 0 spiro atoms. The van der Waals surface area contributed by atoms with Gasteiger partial charge in [-0.3, -0.25) is 16.0 Å². The summed E-state index contributed by atoms with van der Waals surface area (Å²) in [6.07, 6.45) is -4.83. The van der Waals surface area contributed by atoms with Crippen LogP contribution in [0, 0.1) is 6.92 Å². The number of alkyl halides is 3. The maximum atomic E-state index is 12.2. The number of hydrogen-bond donors (Lipinski definition) is 2. The van der Waals surface area contributed by atoms with E-state index in [0.717, 1.165) is 0 Å². The summed E-state index contributed by atoms with van der Waals surface area (Å²) in [7, 11) is 0. The van der Waals surface area contributed by atoms with E-state index < -0.39 is 18.6 Å². The molecule has 0 aliphatic carbocycles. The second kappa shape index (κ2) is 6.58. The zero-order chi connectivity index (χ0) is 14.6. The first kappa shape index (κ1) is 16.3. The molecular weight excluding hydrogens is 281 g/mol. The molecule has 0 amide bonds. The zero-order valence-corrected chi connectivity index (χ0v) is 11.6. The van der Waals surface area contributed by atoms with Crippen LogP contribution < -0.4 is 11.3 Å². The molecule has 0 fully saturated rings. The molecule has 0 radical (unpaired) electrons. The van der Waals surface area contributed by atoms with Crippen molar-refractivity contribution in [1.82, 2.24) is 15.2 Å². The molecule has 110 valence electrons. The van der Waals surface area contributed by atoms with Crippen molar-refractivity contribution in [3.8, 4) is 0 Å². The van der Waals surface area contributed by atoms with Crippen LogP contribution in [-0.4, -0.2) is 22.0 Å². The number of hydrazine groups is 1. The van der Waals surface area contributed by atoms with Crippen molar-refractivity contribution in [2.24, 2.45) is 5.84 Å². The number of rotatable bonds is 6. The van der Waals surface area contributed by atoms with Gasteiger partial charge < -0.3 is 0 Å². The Hall–Kier alpha value is -0.790. The van der Waals surface area contributed by atoms with Gasteiger partial charge in [-0.25, -0.2) is 0 Å². The van der Waals surface area contributed by atoms with Crippen LogP contribution in [0.4, 0.5) is 13.2 Å². The van der Waals surface area contributed by atoms with E-state index in [-0.39, 0.29) is 6.42 Å². The Bertz CT molecular complexity index is 417. The average Bonchev–Trinajstić information content (AvgIpc) is 2.60. The topological polar surface area (TPSA) is 55.9 Å². The molecule has 1 atom stereocenters. The third-order valence-corrected chi connectivity index (χ3v) is 3.40. The highest BCUT2D eigenvalue weighted by atomic mass is 35.5. The normalized spacial score (nSPS) is 13.8. The molecule has 0 saturated carbocycles. The van der Waals surface area contributed by atoms with Crippen LogP contribution in [0.15, 0.2) is 0 Å². The lowest BCUT2D eigenvalue weighted by Crippen LogP contribution is -2.38. The highest BCUT2D eigenvalue weighted by molar-refractivity contribution is 6.31. The fourth-order valence-corrected chi connectivity index (χ4v) is 2.09. The van der Waals surface area contributed by atoms with Gasteiger partial charge in [0.15, 0.2) is 0 Å². The van der Waals surface area contributed by atoms with Crippen molar-refractivity contribution in [3.63, 3.8) is 0 Å². The van der Waals surface area contributed by atoms with Crippen LogP contribution in [0.3, 0.4) is 0 Å². The highest BCUT2D eigenvalue weighted by Gasteiger charge is 2.28. The lowest BCUT2D eigenvalue weighted by Gasteiger charge is -2.17. The van der Waals surface area contributed by atoms with Crippen LogP contribution in [-0.2, 0) is 13.0 Å². The summed E-state index contributed by atoms with van der Waals surface area (Å²) in [6, 6.07) is -0.486. The van der Waals surface area contributed by atoms with Crippen molar-refractivity contribution in [3.05, 3.63) is 16.4 Å². The summed E-state index contributed by atoms with van der Waals surface area (Å²) >= 11 is 6.11. The molecule has 1 heterocycles. The lowest BCUT2D eigenvalue weighted by atomic mass is 10.1. The van der Waals surface area contributed by atoms with Gasteiger partial charge in [-0.1, -0.05) is 11.6 Å². The molecule has 19 heavy (non-hydrogen) atoms. The molecule has 0 aromatic carbocycles. The summed E-state index contributed by atoms with van der Waals surface area (Å²) in [4.78, 5) is 0. The summed E-state index contributed by atoms with van der Waals surface area (Å²) in [6.45, 7) is 4.27. The number of nitrogens with two attached hydrogens (primary N) is 1. The second-order valence-electron chi connectivity index (χ2n) is 4.38. The summed E-state index contributed by atoms with van der Waals surface area (Å²) in [5, 5.41) is 4.71. The number of hydrogen-bond acceptors (Lipinski definition) is 3. The smallest absolute Gasteiger partial charge is 0.271 e. The van der Waals surface area contributed by atoms with E-state index in [1.807, 2.05) is 6.92 Å². The number of nitrogens with zero attached hydrogens (tertiary/aromatic N) is 2. The molecule has 1 aromatic heterocycles. The van der Waals surface area contributed by atoms with Crippen molar-refractivity contribution >= 4 is 11.6 Å². The SMILES string of the molecule is CCn1nc(C)c(Cl)c1CC(CCC(F)(F)F)NN. The third-order valence-electron chi connectivity index (χ3n) is 2.90. The largest absolute Gasteiger partial charge is 0.389 e. The average molecular weight is 299 g/mol. The monoisotopic (exact) mass is 298 g/mol. The molecule has 0 bridgehead atoms. The second-order valence-corrected chi connectivity index (χ2v) is 4.76. The van der Waals surface area contributed by atoms with Crippen LogP contribution >= 0.6 is 11.6 Å². The van der Waals surface area contributed by atoms with Crippen LogP contribution in [0.25, 0.3) is 0 Å². The number of nitrogens with one attached hydrogen (secondary N) is 1. The van der Waals surface area contributed by atoms with Crippen molar-refractivity contribution in [1.29, 1.82) is 0 Å². The third kappa shape index (κ3) is 4.67. The highest BCUT2D eigenvalue weighted by Crippen LogP contribution is 2.25. The fourth-order valence-electron chi connectivity index (χ4n) is 1.88. The minimum atomic E-state index is -4.18. The van der Waals surface area contributed by atoms with Gasteiger partial charge in [-0.05, 0) is 20.3 Å². The first-order valence-electron chi connectivity index (χ1n) is 6.03. The molecule has 8 heteroatoms. The maximum absolute atomic E-state index is 12.2. The molecular formula is C11H18ClF3N4. The Morgan fingerprint density at radius 1 is 1.47 bits per heavy atom. The van der Waals surface area contributed by atoms with Gasteiger partial charge in [-0.15, -0.1) is 0 Å². The zero-order valence-electron chi connectivity index (χ0n) is 10.9. The number of aryl methyl sites for hydroxylation is 2. The minimum absolute atomic E-state index is 0.0930. The number of aromatic nitrogens is 2. The van der Waals surface area contributed by atoms with E-state index in [0.29, 0.717) is 29.4 Å². The Balaban J connectivity index is 2.75. The van der Waals surface area contributed by atoms with E-state index in [1.54, 1.807) is 11.6 Å². The molecule has 1 aromatic rings. The van der Waals surface area contributed by atoms with Gasteiger partial charge in [0.1, 0.15) is 0 Å².